The van der Waals surface area contributed by atoms with E-state index in [4.69, 9.17) is 9.47 Å². The lowest BCUT2D eigenvalue weighted by Crippen LogP contribution is -2.52. The van der Waals surface area contributed by atoms with Gasteiger partial charge in [0.25, 0.3) is 5.92 Å². The summed E-state index contributed by atoms with van der Waals surface area (Å²) in [7, 11) is 1.49. The number of hydrogen-bond donors (Lipinski definition) is 0. The first-order chi connectivity index (χ1) is 15.9. The Labute approximate surface area is 195 Å². The molecular formula is C23H26F2N6O3. The zero-order chi connectivity index (χ0) is 24.8. The summed E-state index contributed by atoms with van der Waals surface area (Å²) in [5, 5.41) is 17.8. The molecule has 34 heavy (non-hydrogen) atoms. The van der Waals surface area contributed by atoms with Crippen molar-refractivity contribution in [3.63, 3.8) is 0 Å². The number of piperidine rings is 1. The molecule has 0 saturated carbocycles. The molecule has 4 heterocycles. The molecule has 1 saturated heterocycles. The monoisotopic (exact) mass is 472 g/mol. The Morgan fingerprint density at radius 1 is 1.29 bits per heavy atom. The quantitative estimate of drug-likeness (QED) is 0.567. The molecule has 0 spiro atoms. The first-order valence-electron chi connectivity index (χ1n) is 10.8. The lowest BCUT2D eigenvalue weighted by atomic mass is 10.0. The largest absolute Gasteiger partial charge is 0.494 e. The van der Waals surface area contributed by atoms with Crippen molar-refractivity contribution in [2.75, 3.05) is 20.2 Å². The second-order valence-corrected chi connectivity index (χ2v) is 9.32. The Balaban J connectivity index is 1.63. The molecule has 0 N–H and O–H groups in total. The van der Waals surface area contributed by atoms with Gasteiger partial charge in [0.05, 0.1) is 26.0 Å². The highest BCUT2D eigenvalue weighted by Crippen LogP contribution is 2.39. The molecule has 9 nitrogen and oxygen atoms in total. The van der Waals surface area contributed by atoms with Crippen molar-refractivity contribution in [2.24, 2.45) is 0 Å². The van der Waals surface area contributed by atoms with Crippen LogP contribution in [0.2, 0.25) is 0 Å². The van der Waals surface area contributed by atoms with Gasteiger partial charge < -0.3 is 14.4 Å². The van der Waals surface area contributed by atoms with Crippen LogP contribution in [0.25, 0.3) is 16.6 Å². The molecule has 1 aliphatic rings. The number of nitriles is 1. The van der Waals surface area contributed by atoms with Crippen LogP contribution in [0.1, 0.15) is 44.5 Å². The number of nitrogens with zero attached hydrogens (tertiary/aromatic N) is 6. The standard InChI is InChI=1S/C23H26F2N6O3/c1-14-17(15-8-18(33-5)20-16(9-26)10-27-30(20)12-15)11-28-31(14)19-6-7-29(13-23(19,24)25)21(32)34-22(2,3)4/h8,10-12,19H,6-7,13H2,1-5H3. The number of halogens is 2. The average Bonchev–Trinajstić information content (AvgIpc) is 3.34. The zero-order valence-corrected chi connectivity index (χ0v) is 19.7. The molecular weight excluding hydrogens is 446 g/mol. The second-order valence-electron chi connectivity index (χ2n) is 9.32. The van der Waals surface area contributed by atoms with E-state index in [2.05, 4.69) is 16.3 Å². The number of ether oxygens (including phenoxy) is 2. The third-order valence-electron chi connectivity index (χ3n) is 5.78. The van der Waals surface area contributed by atoms with E-state index in [1.54, 1.807) is 40.0 Å². The molecule has 0 aromatic carbocycles. The summed E-state index contributed by atoms with van der Waals surface area (Å²) in [6, 6.07) is 2.60. The number of carbonyl (C=O) groups excluding carboxylic acids is 1. The predicted molar refractivity (Wildman–Crippen MR) is 119 cm³/mol. The summed E-state index contributed by atoms with van der Waals surface area (Å²) in [5.74, 6) is -2.76. The van der Waals surface area contributed by atoms with Crippen LogP contribution in [-0.2, 0) is 4.74 Å². The molecule has 0 radical (unpaired) electrons. The average molecular weight is 472 g/mol. The number of amides is 1. The fraction of sp³-hybridized carbons (Fsp3) is 0.478. The van der Waals surface area contributed by atoms with Crippen LogP contribution in [0.4, 0.5) is 13.6 Å². The molecule has 3 aromatic heterocycles. The number of hydrogen-bond acceptors (Lipinski definition) is 6. The number of rotatable bonds is 3. The Hall–Kier alpha value is -3.68. The van der Waals surface area contributed by atoms with E-state index in [9.17, 15) is 10.1 Å². The molecule has 4 rings (SSSR count). The van der Waals surface area contributed by atoms with Gasteiger partial charge in [-0.3, -0.25) is 4.68 Å². The Bertz CT molecular complexity index is 1280. The molecule has 1 atom stereocenters. The van der Waals surface area contributed by atoms with E-state index < -0.39 is 30.2 Å². The normalized spacial score (nSPS) is 18.1. The minimum atomic E-state index is -3.20. The van der Waals surface area contributed by atoms with Crippen LogP contribution in [0, 0.1) is 18.3 Å². The van der Waals surface area contributed by atoms with Crippen LogP contribution in [0.3, 0.4) is 0 Å². The van der Waals surface area contributed by atoms with E-state index in [-0.39, 0.29) is 13.0 Å². The van der Waals surface area contributed by atoms with E-state index >= 15 is 8.78 Å². The van der Waals surface area contributed by atoms with Gasteiger partial charge in [0.15, 0.2) is 0 Å². The van der Waals surface area contributed by atoms with Gasteiger partial charge in [0.1, 0.15) is 34.5 Å². The van der Waals surface area contributed by atoms with Crippen molar-refractivity contribution in [3.05, 3.63) is 35.9 Å². The van der Waals surface area contributed by atoms with E-state index in [1.165, 1.54) is 28.7 Å². The zero-order valence-electron chi connectivity index (χ0n) is 19.7. The van der Waals surface area contributed by atoms with Crippen LogP contribution in [0.5, 0.6) is 5.75 Å². The first-order valence-corrected chi connectivity index (χ1v) is 10.8. The van der Waals surface area contributed by atoms with Gasteiger partial charge in [-0.2, -0.15) is 15.5 Å². The van der Waals surface area contributed by atoms with Gasteiger partial charge in [0.2, 0.25) is 0 Å². The smallest absolute Gasteiger partial charge is 0.410 e. The Morgan fingerprint density at radius 3 is 2.65 bits per heavy atom. The van der Waals surface area contributed by atoms with Crippen LogP contribution < -0.4 is 4.74 Å². The van der Waals surface area contributed by atoms with Crippen molar-refractivity contribution >= 4 is 11.6 Å². The van der Waals surface area contributed by atoms with Crippen LogP contribution >= 0.6 is 0 Å². The van der Waals surface area contributed by atoms with E-state index in [0.717, 1.165) is 4.90 Å². The number of pyridine rings is 1. The van der Waals surface area contributed by atoms with Crippen molar-refractivity contribution in [3.8, 4) is 22.9 Å². The Kier molecular flexibility index (Phi) is 5.71. The SMILES string of the molecule is COc1cc(-c2cnn(C3CCN(C(=O)OC(C)(C)C)CC3(F)F)c2C)cn2ncc(C#N)c12. The van der Waals surface area contributed by atoms with Gasteiger partial charge in [-0.25, -0.2) is 18.1 Å². The molecule has 1 fully saturated rings. The lowest BCUT2D eigenvalue weighted by Gasteiger charge is -2.39. The van der Waals surface area contributed by atoms with Crippen molar-refractivity contribution < 1.29 is 23.0 Å². The number of aromatic nitrogens is 4. The van der Waals surface area contributed by atoms with E-state index in [1.807, 2.05) is 0 Å². The fourth-order valence-electron chi connectivity index (χ4n) is 4.20. The lowest BCUT2D eigenvalue weighted by molar-refractivity contribution is -0.107. The number of likely N-dealkylation sites (tertiary alicyclic amines) is 1. The highest BCUT2D eigenvalue weighted by Gasteiger charge is 2.48. The minimum absolute atomic E-state index is 0.0290. The number of alkyl halides is 2. The molecule has 11 heteroatoms. The molecule has 3 aromatic rings. The van der Waals surface area contributed by atoms with Gasteiger partial charge in [-0.05, 0) is 40.2 Å². The highest BCUT2D eigenvalue weighted by atomic mass is 19.3. The summed E-state index contributed by atoms with van der Waals surface area (Å²) in [4.78, 5) is 13.3. The van der Waals surface area contributed by atoms with Gasteiger partial charge in [-0.15, -0.1) is 0 Å². The summed E-state index contributed by atoms with van der Waals surface area (Å²) < 4.78 is 43.9. The minimum Gasteiger partial charge on any atom is -0.494 e. The third-order valence-corrected chi connectivity index (χ3v) is 5.78. The number of fused-ring (bicyclic) bond motifs is 1. The second kappa shape index (κ2) is 8.27. The molecule has 0 aliphatic carbocycles. The van der Waals surface area contributed by atoms with Gasteiger partial charge in [-0.1, -0.05) is 0 Å². The fourth-order valence-corrected chi connectivity index (χ4v) is 4.20. The maximum absolute atomic E-state index is 15.2. The van der Waals surface area contributed by atoms with E-state index in [0.29, 0.717) is 33.7 Å². The number of carbonyl (C=O) groups is 1. The summed E-state index contributed by atoms with van der Waals surface area (Å²) in [6.45, 7) is 6.20. The Morgan fingerprint density at radius 2 is 2.03 bits per heavy atom. The van der Waals surface area contributed by atoms with Crippen molar-refractivity contribution in [1.82, 2.24) is 24.3 Å². The van der Waals surface area contributed by atoms with Crippen LogP contribution in [-0.4, -0.2) is 62.1 Å². The molecule has 1 unspecified atom stereocenters. The first kappa shape index (κ1) is 23.5. The highest BCUT2D eigenvalue weighted by molar-refractivity contribution is 5.76. The maximum atomic E-state index is 15.2. The summed E-state index contributed by atoms with van der Waals surface area (Å²) in [5.41, 5.74) is 1.98. The van der Waals surface area contributed by atoms with Crippen molar-refractivity contribution in [2.45, 2.75) is 51.7 Å². The molecule has 1 aliphatic heterocycles. The molecule has 180 valence electrons. The predicted octanol–water partition coefficient (Wildman–Crippen LogP) is 4.20. The van der Waals surface area contributed by atoms with Crippen molar-refractivity contribution in [1.29, 1.82) is 5.26 Å². The third kappa shape index (κ3) is 4.16. The molecule has 0 bridgehead atoms. The number of methoxy groups -OCH3 is 1. The summed E-state index contributed by atoms with van der Waals surface area (Å²) >= 11 is 0. The molecule has 1 amide bonds. The topological polar surface area (TPSA) is 97.7 Å². The summed E-state index contributed by atoms with van der Waals surface area (Å²) in [6.07, 6.45) is 3.95. The van der Waals surface area contributed by atoms with Gasteiger partial charge >= 0.3 is 6.09 Å². The van der Waals surface area contributed by atoms with Crippen LogP contribution in [0.15, 0.2) is 24.7 Å². The van der Waals surface area contributed by atoms with Gasteiger partial charge in [0, 0.05) is 29.6 Å². The maximum Gasteiger partial charge on any atom is 0.410 e.